The van der Waals surface area contributed by atoms with E-state index in [2.05, 4.69) is 33.4 Å². The quantitative estimate of drug-likeness (QED) is 0.912. The normalized spacial score (nSPS) is 15.1. The van der Waals surface area contributed by atoms with E-state index in [0.717, 1.165) is 35.5 Å². The van der Waals surface area contributed by atoms with Crippen molar-refractivity contribution < 1.29 is 0 Å². The van der Waals surface area contributed by atoms with E-state index in [1.165, 1.54) is 18.4 Å². The molecule has 0 aromatic carbocycles. The molecule has 0 bridgehead atoms. The maximum absolute atomic E-state index is 6.27. The second kappa shape index (κ2) is 5.02. The fourth-order valence-electron chi connectivity index (χ4n) is 2.27. The lowest BCUT2D eigenvalue weighted by molar-refractivity contribution is 0.659. The molecule has 0 amide bonds. The molecule has 5 heteroatoms. The van der Waals surface area contributed by atoms with Crippen LogP contribution in [0.4, 0.5) is 0 Å². The summed E-state index contributed by atoms with van der Waals surface area (Å²) < 4.78 is 4.02. The molecule has 3 rings (SSSR count). The van der Waals surface area contributed by atoms with E-state index in [4.69, 9.17) is 11.6 Å². The van der Waals surface area contributed by atoms with Crippen LogP contribution in [0.3, 0.4) is 0 Å². The molecule has 2 aromatic rings. The lowest BCUT2D eigenvalue weighted by Gasteiger charge is -2.04. The van der Waals surface area contributed by atoms with E-state index >= 15 is 0 Å². The summed E-state index contributed by atoms with van der Waals surface area (Å²) in [6.07, 6.45) is 6.92. The molecule has 0 saturated heterocycles. The predicted octanol–water partition coefficient (Wildman–Crippen LogP) is 2.48. The van der Waals surface area contributed by atoms with Gasteiger partial charge in [-0.25, -0.2) is 0 Å². The smallest absolute Gasteiger partial charge is 0.0865 e. The lowest BCUT2D eigenvalue weighted by Crippen LogP contribution is -2.14. The molecule has 0 spiro atoms. The van der Waals surface area contributed by atoms with Crippen molar-refractivity contribution in [3.63, 3.8) is 0 Å². The highest BCUT2D eigenvalue weighted by atomic mass is 35.5. The number of rotatable bonds is 5. The summed E-state index contributed by atoms with van der Waals surface area (Å²) in [5, 5.41) is 8.63. The van der Waals surface area contributed by atoms with Crippen LogP contribution >= 0.6 is 11.6 Å². The van der Waals surface area contributed by atoms with Gasteiger partial charge in [-0.05, 0) is 31.4 Å². The lowest BCUT2D eigenvalue weighted by atomic mass is 10.3. The van der Waals surface area contributed by atoms with Crippen LogP contribution < -0.4 is 5.32 Å². The summed E-state index contributed by atoms with van der Waals surface area (Å²) in [7, 11) is 1.94. The Morgan fingerprint density at radius 1 is 1.47 bits per heavy atom. The molecule has 0 unspecified atom stereocenters. The number of hydrogen-bond acceptors (Lipinski definition) is 2. The molecule has 4 nitrogen and oxygen atoms in total. The Hall–Kier alpha value is -1.26. The molecular weight excluding hydrogens is 260 g/mol. The SMILES string of the molecule is Cc1nn(C)c(Cn2ccc(CNC3CC3)c2)c1Cl. The molecule has 1 N–H and O–H groups in total. The van der Waals surface area contributed by atoms with E-state index in [9.17, 15) is 0 Å². The first-order chi connectivity index (χ1) is 9.13. The van der Waals surface area contributed by atoms with Gasteiger partial charge in [-0.3, -0.25) is 4.68 Å². The maximum Gasteiger partial charge on any atom is 0.0865 e. The van der Waals surface area contributed by atoms with E-state index in [0.29, 0.717) is 0 Å². The highest BCUT2D eigenvalue weighted by molar-refractivity contribution is 6.31. The van der Waals surface area contributed by atoms with Gasteiger partial charge in [0, 0.05) is 32.0 Å². The van der Waals surface area contributed by atoms with Crippen LogP contribution in [0.5, 0.6) is 0 Å². The van der Waals surface area contributed by atoms with Crippen molar-refractivity contribution in [1.82, 2.24) is 19.7 Å². The fourth-order valence-corrected chi connectivity index (χ4v) is 2.49. The molecule has 1 aliphatic rings. The molecular formula is C14H19ClN4. The Labute approximate surface area is 118 Å². The Balaban J connectivity index is 1.68. The Kier molecular flexibility index (Phi) is 3.37. The molecule has 2 heterocycles. The number of aryl methyl sites for hydroxylation is 2. The van der Waals surface area contributed by atoms with Crippen molar-refractivity contribution in [2.75, 3.05) is 0 Å². The molecule has 0 aliphatic heterocycles. The average molecular weight is 279 g/mol. The van der Waals surface area contributed by atoms with Crippen LogP contribution in [-0.4, -0.2) is 20.4 Å². The predicted molar refractivity (Wildman–Crippen MR) is 76.4 cm³/mol. The zero-order valence-corrected chi connectivity index (χ0v) is 12.1. The van der Waals surface area contributed by atoms with Crippen molar-refractivity contribution >= 4 is 11.6 Å². The van der Waals surface area contributed by atoms with E-state index in [-0.39, 0.29) is 0 Å². The Morgan fingerprint density at radius 2 is 2.26 bits per heavy atom. The van der Waals surface area contributed by atoms with Crippen molar-refractivity contribution in [1.29, 1.82) is 0 Å². The van der Waals surface area contributed by atoms with Gasteiger partial charge in [-0.2, -0.15) is 5.10 Å². The van der Waals surface area contributed by atoms with Gasteiger partial charge in [-0.1, -0.05) is 11.6 Å². The van der Waals surface area contributed by atoms with E-state index < -0.39 is 0 Å². The van der Waals surface area contributed by atoms with E-state index in [1.54, 1.807) is 0 Å². The van der Waals surface area contributed by atoms with Gasteiger partial charge in [0.15, 0.2) is 0 Å². The van der Waals surface area contributed by atoms with Gasteiger partial charge in [-0.15, -0.1) is 0 Å². The third-order valence-corrected chi connectivity index (χ3v) is 4.07. The minimum absolute atomic E-state index is 0.748. The first-order valence-electron chi connectivity index (χ1n) is 6.69. The van der Waals surface area contributed by atoms with Gasteiger partial charge in [0.25, 0.3) is 0 Å². The molecule has 1 aliphatic carbocycles. The highest BCUT2D eigenvalue weighted by Gasteiger charge is 2.20. The van der Waals surface area contributed by atoms with Crippen LogP contribution in [0, 0.1) is 6.92 Å². The number of nitrogens with zero attached hydrogens (tertiary/aromatic N) is 3. The Bertz CT molecular complexity index is 580. The zero-order valence-electron chi connectivity index (χ0n) is 11.4. The summed E-state index contributed by atoms with van der Waals surface area (Å²) in [5.41, 5.74) is 3.26. The summed E-state index contributed by atoms with van der Waals surface area (Å²) in [5.74, 6) is 0. The molecule has 1 saturated carbocycles. The number of nitrogens with one attached hydrogen (secondary N) is 1. The molecule has 0 radical (unpaired) electrons. The topological polar surface area (TPSA) is 34.8 Å². The van der Waals surface area contributed by atoms with Gasteiger partial charge < -0.3 is 9.88 Å². The number of hydrogen-bond donors (Lipinski definition) is 1. The third kappa shape index (κ3) is 2.85. The first-order valence-corrected chi connectivity index (χ1v) is 7.07. The fraction of sp³-hybridized carbons (Fsp3) is 0.500. The van der Waals surface area contributed by atoms with Crippen LogP contribution in [0.15, 0.2) is 18.5 Å². The second-order valence-electron chi connectivity index (χ2n) is 5.32. The number of halogens is 1. The molecule has 2 aromatic heterocycles. The Morgan fingerprint density at radius 3 is 2.89 bits per heavy atom. The zero-order chi connectivity index (χ0) is 13.4. The van der Waals surface area contributed by atoms with E-state index in [1.807, 2.05) is 18.7 Å². The molecule has 19 heavy (non-hydrogen) atoms. The van der Waals surface area contributed by atoms with Gasteiger partial charge in [0.2, 0.25) is 0 Å². The summed E-state index contributed by atoms with van der Waals surface area (Å²) >= 11 is 6.27. The highest BCUT2D eigenvalue weighted by Crippen LogP contribution is 2.21. The minimum atomic E-state index is 0.748. The van der Waals surface area contributed by atoms with Crippen LogP contribution in [0.2, 0.25) is 5.02 Å². The maximum atomic E-state index is 6.27. The van der Waals surface area contributed by atoms with Crippen molar-refractivity contribution in [3.8, 4) is 0 Å². The van der Waals surface area contributed by atoms with Crippen LogP contribution in [0.25, 0.3) is 0 Å². The number of aromatic nitrogens is 3. The second-order valence-corrected chi connectivity index (χ2v) is 5.69. The molecule has 102 valence electrons. The summed E-state index contributed by atoms with van der Waals surface area (Å²) in [6, 6.07) is 2.91. The first kappa shape index (κ1) is 12.8. The molecule has 1 fully saturated rings. The summed E-state index contributed by atoms with van der Waals surface area (Å²) in [6.45, 7) is 3.65. The van der Waals surface area contributed by atoms with Gasteiger partial charge in [0.1, 0.15) is 0 Å². The van der Waals surface area contributed by atoms with Crippen molar-refractivity contribution in [2.45, 2.75) is 38.9 Å². The van der Waals surface area contributed by atoms with Crippen LogP contribution in [0.1, 0.15) is 29.8 Å². The molecule has 0 atom stereocenters. The van der Waals surface area contributed by atoms with Crippen molar-refractivity contribution in [2.24, 2.45) is 7.05 Å². The largest absolute Gasteiger partial charge is 0.348 e. The monoisotopic (exact) mass is 278 g/mol. The summed E-state index contributed by atoms with van der Waals surface area (Å²) in [4.78, 5) is 0. The minimum Gasteiger partial charge on any atom is -0.348 e. The van der Waals surface area contributed by atoms with Gasteiger partial charge >= 0.3 is 0 Å². The van der Waals surface area contributed by atoms with Gasteiger partial charge in [0.05, 0.1) is 23.0 Å². The average Bonchev–Trinajstić information content (AvgIpc) is 3.06. The third-order valence-electron chi connectivity index (χ3n) is 3.58. The van der Waals surface area contributed by atoms with Crippen LogP contribution in [-0.2, 0) is 20.1 Å². The van der Waals surface area contributed by atoms with Crippen molar-refractivity contribution in [3.05, 3.63) is 40.4 Å². The standard InChI is InChI=1S/C14H19ClN4/c1-10-14(15)13(18(2)17-10)9-19-6-5-11(8-19)7-16-12-3-4-12/h5-6,8,12,16H,3-4,7,9H2,1-2H3.